The molecule has 0 aromatic rings. The van der Waals surface area contributed by atoms with Gasteiger partial charge in [0.25, 0.3) is 0 Å². The summed E-state index contributed by atoms with van der Waals surface area (Å²) in [5, 5.41) is 10.5. The number of hydrogen-bond donors (Lipinski definition) is 1. The fraction of sp³-hybridized carbons (Fsp3) is 0.938. The fourth-order valence-corrected chi connectivity index (χ4v) is 4.55. The van der Waals surface area contributed by atoms with Gasteiger partial charge in [-0.25, -0.2) is 0 Å². The lowest BCUT2D eigenvalue weighted by Gasteiger charge is -2.22. The molecule has 0 rings (SSSR count). The highest BCUT2D eigenvalue weighted by Gasteiger charge is 2.21. The van der Waals surface area contributed by atoms with E-state index >= 15 is 0 Å². The van der Waals surface area contributed by atoms with Crippen molar-refractivity contribution in [1.29, 1.82) is 0 Å². The van der Waals surface area contributed by atoms with Gasteiger partial charge in [0, 0.05) is 25.7 Å². The number of unbranched alkanes of at least 4 members (excludes halogenated alkanes) is 18. The smallest absolute Gasteiger partial charge is 0.305 e. The topological polar surface area (TPSA) is 72.8 Å². The van der Waals surface area contributed by atoms with E-state index in [1.807, 2.05) is 0 Å². The zero-order valence-electron chi connectivity index (χ0n) is 25.0. The van der Waals surface area contributed by atoms with Crippen molar-refractivity contribution >= 4 is 11.9 Å². The zero-order chi connectivity index (χ0) is 27.5. The van der Waals surface area contributed by atoms with Crippen molar-refractivity contribution in [3.05, 3.63) is 0 Å². The van der Waals surface area contributed by atoms with Crippen LogP contribution >= 0.6 is 0 Å². The van der Waals surface area contributed by atoms with Crippen LogP contribution in [0.4, 0.5) is 0 Å². The molecule has 0 fully saturated rings. The molecule has 0 aromatic carbocycles. The molecule has 0 radical (unpaired) electrons. The summed E-state index contributed by atoms with van der Waals surface area (Å²) in [4.78, 5) is 23.9. The Labute approximate surface area is 229 Å². The molecule has 0 heterocycles. The molecule has 0 saturated carbocycles. The molecule has 5 heteroatoms. The van der Waals surface area contributed by atoms with Crippen molar-refractivity contribution in [2.24, 2.45) is 0 Å². The van der Waals surface area contributed by atoms with Crippen LogP contribution in [0.25, 0.3) is 0 Å². The third kappa shape index (κ3) is 27.7. The lowest BCUT2D eigenvalue weighted by molar-refractivity contribution is -0.146. The lowest BCUT2D eigenvalue weighted by Crippen LogP contribution is -2.29. The van der Waals surface area contributed by atoms with Gasteiger partial charge in [-0.3, -0.25) is 9.59 Å². The molecule has 5 nitrogen and oxygen atoms in total. The van der Waals surface area contributed by atoms with Crippen molar-refractivity contribution in [3.8, 4) is 0 Å². The van der Waals surface area contributed by atoms with E-state index < -0.39 is 5.60 Å². The van der Waals surface area contributed by atoms with E-state index in [0.717, 1.165) is 25.7 Å². The van der Waals surface area contributed by atoms with Crippen molar-refractivity contribution in [3.63, 3.8) is 0 Å². The van der Waals surface area contributed by atoms with Crippen molar-refractivity contribution < 1.29 is 24.2 Å². The molecule has 0 unspecified atom stereocenters. The number of rotatable bonds is 28. The first-order valence-electron chi connectivity index (χ1n) is 15.9. The van der Waals surface area contributed by atoms with E-state index in [0.29, 0.717) is 25.7 Å². The van der Waals surface area contributed by atoms with Crippen molar-refractivity contribution in [1.82, 2.24) is 0 Å². The Morgan fingerprint density at radius 2 is 0.784 bits per heavy atom. The number of ether oxygens (including phenoxy) is 2. The van der Waals surface area contributed by atoms with Crippen LogP contribution in [0.15, 0.2) is 0 Å². The first-order chi connectivity index (χ1) is 17.9. The van der Waals surface area contributed by atoms with Gasteiger partial charge < -0.3 is 14.6 Å². The Morgan fingerprint density at radius 1 is 0.514 bits per heavy atom. The van der Waals surface area contributed by atoms with Crippen molar-refractivity contribution in [2.45, 2.75) is 180 Å². The van der Waals surface area contributed by atoms with Crippen LogP contribution < -0.4 is 0 Å². The number of hydrogen-bond acceptors (Lipinski definition) is 5. The van der Waals surface area contributed by atoms with E-state index in [2.05, 4.69) is 13.8 Å². The Balaban J connectivity index is 3.55. The molecule has 0 aliphatic carbocycles. The Bertz CT molecular complexity index is 473. The molecule has 0 aromatic heterocycles. The predicted molar refractivity (Wildman–Crippen MR) is 155 cm³/mol. The summed E-state index contributed by atoms with van der Waals surface area (Å²) in [5.74, 6) is -0.364. The van der Waals surface area contributed by atoms with Crippen LogP contribution in [0.3, 0.4) is 0 Å². The molecule has 220 valence electrons. The molecule has 0 spiro atoms. The van der Waals surface area contributed by atoms with Crippen molar-refractivity contribution in [2.75, 3.05) is 13.2 Å². The molecular weight excluding hydrogens is 464 g/mol. The first-order valence-corrected chi connectivity index (χ1v) is 15.9. The van der Waals surface area contributed by atoms with Gasteiger partial charge in [0.2, 0.25) is 0 Å². The van der Waals surface area contributed by atoms with Crippen LogP contribution in [0, 0.1) is 0 Å². The average molecular weight is 527 g/mol. The quantitative estimate of drug-likeness (QED) is 0.0812. The second kappa shape index (κ2) is 26.5. The molecule has 0 aliphatic rings. The summed E-state index contributed by atoms with van der Waals surface area (Å²) in [6.45, 7) is 6.60. The van der Waals surface area contributed by atoms with Crippen LogP contribution in [0.1, 0.15) is 175 Å². The monoisotopic (exact) mass is 526 g/mol. The van der Waals surface area contributed by atoms with Crippen LogP contribution in [-0.2, 0) is 19.1 Å². The Hall–Kier alpha value is -1.10. The maximum absolute atomic E-state index is 11.9. The summed E-state index contributed by atoms with van der Waals surface area (Å²) in [6.07, 6.45) is 26.4. The van der Waals surface area contributed by atoms with E-state index in [1.54, 1.807) is 6.92 Å². The van der Waals surface area contributed by atoms with Gasteiger partial charge in [0.05, 0.1) is 18.8 Å². The Morgan fingerprint density at radius 3 is 1.08 bits per heavy atom. The van der Waals surface area contributed by atoms with Crippen LogP contribution in [0.5, 0.6) is 0 Å². The standard InChI is InChI=1S/C32H62O5/c1-4-6-8-10-12-14-16-18-20-22-24-30(33)36-28-26-32(3,35)27-29-37-31(34)25-23-21-19-17-15-13-11-9-7-5-2/h35H,4-29H2,1-3H3. The highest BCUT2D eigenvalue weighted by Crippen LogP contribution is 2.16. The summed E-state index contributed by atoms with van der Waals surface area (Å²) in [6, 6.07) is 0. The number of esters is 2. The van der Waals surface area contributed by atoms with Gasteiger partial charge in [0.1, 0.15) is 0 Å². The number of aliphatic hydroxyl groups is 1. The average Bonchev–Trinajstić information content (AvgIpc) is 2.86. The van der Waals surface area contributed by atoms with E-state index in [-0.39, 0.29) is 25.2 Å². The minimum absolute atomic E-state index is 0.182. The maximum Gasteiger partial charge on any atom is 0.305 e. The molecule has 0 aliphatic heterocycles. The van der Waals surface area contributed by atoms with E-state index in [9.17, 15) is 14.7 Å². The zero-order valence-corrected chi connectivity index (χ0v) is 25.0. The third-order valence-corrected chi connectivity index (χ3v) is 7.28. The summed E-state index contributed by atoms with van der Waals surface area (Å²) in [7, 11) is 0. The van der Waals surface area contributed by atoms with Gasteiger partial charge in [-0.1, -0.05) is 129 Å². The highest BCUT2D eigenvalue weighted by atomic mass is 16.5. The third-order valence-electron chi connectivity index (χ3n) is 7.28. The first kappa shape index (κ1) is 35.9. The summed E-state index contributed by atoms with van der Waals surface area (Å²) < 4.78 is 10.6. The summed E-state index contributed by atoms with van der Waals surface area (Å²) >= 11 is 0. The fourth-order valence-electron chi connectivity index (χ4n) is 4.55. The minimum atomic E-state index is -1.01. The van der Waals surface area contributed by atoms with Gasteiger partial charge in [-0.2, -0.15) is 0 Å². The number of carbonyl (C=O) groups is 2. The second-order valence-corrected chi connectivity index (χ2v) is 11.3. The lowest BCUT2D eigenvalue weighted by atomic mass is 9.99. The number of carbonyl (C=O) groups excluding carboxylic acids is 2. The van der Waals surface area contributed by atoms with Crippen LogP contribution in [0.2, 0.25) is 0 Å². The van der Waals surface area contributed by atoms with Gasteiger partial charge >= 0.3 is 11.9 Å². The molecule has 0 atom stereocenters. The predicted octanol–water partition coefficient (Wildman–Crippen LogP) is 9.23. The maximum atomic E-state index is 11.9. The molecule has 0 saturated heterocycles. The normalized spacial score (nSPS) is 11.6. The van der Waals surface area contributed by atoms with Gasteiger partial charge in [-0.05, 0) is 19.8 Å². The molecule has 37 heavy (non-hydrogen) atoms. The molecule has 1 N–H and O–H groups in total. The summed E-state index contributed by atoms with van der Waals surface area (Å²) in [5.41, 5.74) is -1.01. The van der Waals surface area contributed by atoms with Gasteiger partial charge in [-0.15, -0.1) is 0 Å². The molecule has 0 bridgehead atoms. The highest BCUT2D eigenvalue weighted by molar-refractivity contribution is 5.69. The SMILES string of the molecule is CCCCCCCCCCCCC(=O)OCCC(C)(O)CCOC(=O)CCCCCCCCCCCC. The van der Waals surface area contributed by atoms with E-state index in [1.165, 1.54) is 103 Å². The minimum Gasteiger partial charge on any atom is -0.466 e. The molecular formula is C32H62O5. The molecule has 0 amide bonds. The van der Waals surface area contributed by atoms with E-state index in [4.69, 9.17) is 9.47 Å². The largest absolute Gasteiger partial charge is 0.466 e. The van der Waals surface area contributed by atoms with Gasteiger partial charge in [0.15, 0.2) is 0 Å². The second-order valence-electron chi connectivity index (χ2n) is 11.3. The Kier molecular flexibility index (Phi) is 25.7. The van der Waals surface area contributed by atoms with Crippen LogP contribution in [-0.4, -0.2) is 35.9 Å².